The number of nitrogens with one attached hydrogen (secondary N) is 1. The smallest absolute Gasteiger partial charge is 0.281 e. The molecular formula is C103H125Br3N10O10Si. The number of rotatable bonds is 11. The maximum Gasteiger partial charge on any atom is 0.281 e. The van der Waals surface area contributed by atoms with Crippen molar-refractivity contribution in [2.75, 3.05) is 35.5 Å². The number of nitrogens with two attached hydrogens (primary N) is 2. The van der Waals surface area contributed by atoms with E-state index in [1.807, 2.05) is 99.7 Å². The number of nitrogens with zero attached hydrogens (tertiary/aromatic N) is 7. The zero-order valence-corrected chi connectivity index (χ0v) is 82.6. The molecule has 672 valence electrons. The summed E-state index contributed by atoms with van der Waals surface area (Å²) >= 11 is 10.3. The van der Waals surface area contributed by atoms with E-state index < -0.39 is 36.2 Å². The summed E-state index contributed by atoms with van der Waals surface area (Å²) in [6.45, 7) is 44.0. The molecule has 16 atom stereocenters. The first-order chi connectivity index (χ1) is 60.6. The standard InChI is InChI=1S/C22H28BrNO2Si.C18H22N2O.2C17H20N2O2.C15H18N2O.C7H7Br2NO.C7H10O/c1-15-10-12-20(25)17(14-19-18(23)11-13-21(24-19)26-2)22(15)27(3,4)16-8-6-5-7-9-16;1-6-14-13-9-16-15(7-8-17(20-16)21-5)18(14,19-4)10-11(2)12(13)3;1-5-12-11-8-14-13(6-7-15(19-14)21-4)17(12,18-3)9-10(2)16(11)20;1-4-12-11-7-10(2)9-17(12,16(18)20)13-5-6-15(21-3)19-14(13)8-11;1-3-11-10-6-9(2)8-15(11,16)12-4-5-14(18)17-13(12)7-10;1-11-7-3-2-5(9)6(4-8)10-7;1-6-2-4-7(8)5-3-6/h5-9,11,13,15,17,22H,10,12,14H2,1-4H3;6-8,11-13H,9-10H2,1-3,5H3;5-7,10-11,16,20H,8-9H2,1-2,4H3;4-7,11H,8-9H2,1-3H3,(H2,18,20);3-6,10H,7-8,16H2,1-2H3,(H,17,18);2-3H,4H2,1H3;2,4,6H,3,5H2,1H3/b;14-6+;12-5+;12-4+;11-3+;;/t15-,17+,22+;11?,12-,13+,18?;10?,11-,16-,17?;11-,17?;10-,15?;;6-/m11111.0/s1. The van der Waals surface area contributed by atoms with Gasteiger partial charge in [0.1, 0.15) is 11.2 Å². The number of carbonyl (C=O) groups excluding carboxylic acids is 3. The third-order valence-electron chi connectivity index (χ3n) is 28.3. The summed E-state index contributed by atoms with van der Waals surface area (Å²) in [5.74, 6) is 6.81. The Labute approximate surface area is 777 Å². The highest BCUT2D eigenvalue weighted by Crippen LogP contribution is 2.59. The fourth-order valence-electron chi connectivity index (χ4n) is 22.1. The highest BCUT2D eigenvalue weighted by Gasteiger charge is 2.60. The fraction of sp³-hybridized carbons (Fsp3) is 0.466. The van der Waals surface area contributed by atoms with E-state index in [2.05, 4.69) is 217 Å². The van der Waals surface area contributed by atoms with Crippen LogP contribution in [0.5, 0.6) is 29.4 Å². The van der Waals surface area contributed by atoms with Gasteiger partial charge in [-0.1, -0.05) is 159 Å². The molecule has 7 aromatic rings. The number of aliphatic hydroxyl groups excluding tert-OH is 1. The summed E-state index contributed by atoms with van der Waals surface area (Å²) in [6, 6.07) is 33.3. The number of aliphatic hydroxyl groups is 1. The Kier molecular flexibility index (Phi) is 32.4. The number of aromatic nitrogens is 6. The van der Waals surface area contributed by atoms with Gasteiger partial charge in [-0.05, 0) is 218 Å². The van der Waals surface area contributed by atoms with Crippen LogP contribution in [0.25, 0.3) is 9.69 Å². The first kappa shape index (κ1) is 98.1. The van der Waals surface area contributed by atoms with Crippen molar-refractivity contribution in [2.45, 2.75) is 212 Å². The van der Waals surface area contributed by atoms with Crippen molar-refractivity contribution in [3.8, 4) is 29.4 Å². The highest BCUT2D eigenvalue weighted by atomic mass is 79.9. The molecule has 8 bridgehead atoms. The van der Waals surface area contributed by atoms with Gasteiger partial charge in [0.2, 0.25) is 40.9 Å². The van der Waals surface area contributed by atoms with Gasteiger partial charge in [0.25, 0.3) is 11.1 Å². The van der Waals surface area contributed by atoms with Crippen LogP contribution >= 0.6 is 47.8 Å². The molecule has 127 heavy (non-hydrogen) atoms. The Morgan fingerprint density at radius 3 is 1.57 bits per heavy atom. The lowest BCUT2D eigenvalue weighted by molar-refractivity contribution is -0.125. The summed E-state index contributed by atoms with van der Waals surface area (Å²) in [7, 11) is 6.24. The monoisotopic (exact) mass is 1930 g/mol. The number of Topliss-reactive ketones (excluding diaryl/α,β-unsaturated/α-hetero) is 1. The molecule has 0 radical (unpaired) electrons. The number of primary amides is 1. The van der Waals surface area contributed by atoms with Crippen LogP contribution in [0.3, 0.4) is 0 Å². The van der Waals surface area contributed by atoms with Crippen LogP contribution in [0.4, 0.5) is 0 Å². The van der Waals surface area contributed by atoms with E-state index in [1.165, 1.54) is 27.5 Å². The maximum atomic E-state index is 13.0. The molecule has 0 spiro atoms. The highest BCUT2D eigenvalue weighted by molar-refractivity contribution is 9.11. The quantitative estimate of drug-likeness (QED) is 0.0405. The fourth-order valence-corrected chi connectivity index (χ4v) is 28.0. The van der Waals surface area contributed by atoms with Crippen LogP contribution < -0.4 is 45.9 Å². The average molecular weight is 1930 g/mol. The molecule has 0 saturated heterocycles. The van der Waals surface area contributed by atoms with Crippen molar-refractivity contribution in [3.63, 3.8) is 0 Å². The number of H-pyrrole nitrogens is 1. The minimum atomic E-state index is -1.83. The zero-order valence-electron chi connectivity index (χ0n) is 76.8. The lowest BCUT2D eigenvalue weighted by Gasteiger charge is -2.46. The van der Waals surface area contributed by atoms with Gasteiger partial charge in [0, 0.05) is 135 Å². The molecule has 1 aromatic carbocycles. The molecule has 0 aliphatic heterocycles. The SMILES string of the molecule is C/C=C1\[C@@H]2C=C(C)CC1(C(N)=O)c1ccc(OC)nc1C2.C/C=C1\[C@@H]2C=C(C)CC1(N)c1ccc(=O)[nH]c1C2.COc1ccc(Br)c(CBr)n1.COc1ccc(Br)c(C[C@H]2C(=O)CC[C@@H](C)[C@@H]2[Si](C)(C)c2ccccc2)n1.C[C@H]1C=CC(=O)CC1.[C-]#[N+]C12CC(C)[C@@H](C)[C@H](Cc3nc(OC)ccc31)/C2=C\C.[C-]#[N+]C12CC(C)[C@@H](O)[C@H](Cc3nc(OC)ccc31)/C2=C\C. The Morgan fingerprint density at radius 1 is 0.583 bits per heavy atom. The number of ketones is 2. The second kappa shape index (κ2) is 41.9. The van der Waals surface area contributed by atoms with E-state index in [0.717, 1.165) is 133 Å². The molecule has 1 amide bonds. The van der Waals surface area contributed by atoms with E-state index in [-0.39, 0.29) is 40.9 Å². The van der Waals surface area contributed by atoms with Crippen molar-refractivity contribution >= 4 is 78.5 Å². The van der Waals surface area contributed by atoms with Crippen LogP contribution in [0, 0.1) is 72.3 Å². The number of methoxy groups -OCH3 is 5. The van der Waals surface area contributed by atoms with E-state index >= 15 is 0 Å². The van der Waals surface area contributed by atoms with Gasteiger partial charge in [-0.3, -0.25) is 19.2 Å². The number of benzene rings is 1. The molecule has 6 heterocycles. The summed E-state index contributed by atoms with van der Waals surface area (Å²) in [4.78, 5) is 81.1. The molecule has 3 saturated carbocycles. The second-order valence-corrected chi connectivity index (χ2v) is 43.2. The molecular weight excluding hydrogens is 1800 g/mol. The minimum Gasteiger partial charge on any atom is -0.481 e. The lowest BCUT2D eigenvalue weighted by atomic mass is 9.56. The van der Waals surface area contributed by atoms with Crippen LogP contribution in [0.2, 0.25) is 18.6 Å². The number of alkyl halides is 1. The molecule has 6 N–H and O–H groups in total. The number of carbonyl (C=O) groups is 3. The number of pyridine rings is 6. The number of ether oxygens (including phenoxy) is 5. The molecule has 6 unspecified atom stereocenters. The molecule has 17 rings (SSSR count). The molecule has 6 aromatic heterocycles. The minimum absolute atomic E-state index is 0.0139. The predicted molar refractivity (Wildman–Crippen MR) is 516 cm³/mol. The van der Waals surface area contributed by atoms with Gasteiger partial charge in [-0.15, -0.1) is 0 Å². The van der Waals surface area contributed by atoms with Crippen LogP contribution in [0.15, 0.2) is 199 Å². The first-order valence-electron chi connectivity index (χ1n) is 44.3. The Balaban J connectivity index is 0.000000147. The van der Waals surface area contributed by atoms with Crippen molar-refractivity contribution in [1.29, 1.82) is 0 Å². The summed E-state index contributed by atoms with van der Waals surface area (Å²) in [5.41, 5.74) is 27.7. The number of fused-ring (bicyclic) bond motifs is 16. The van der Waals surface area contributed by atoms with Gasteiger partial charge >= 0.3 is 0 Å². The Bertz CT molecular complexity index is 5500. The number of halogens is 3. The maximum absolute atomic E-state index is 13.0. The lowest BCUT2D eigenvalue weighted by Crippen LogP contribution is -2.53. The summed E-state index contributed by atoms with van der Waals surface area (Å²) in [5, 5.41) is 12.7. The van der Waals surface area contributed by atoms with Crippen LogP contribution in [-0.2, 0) is 73.8 Å². The summed E-state index contributed by atoms with van der Waals surface area (Å²) in [6.07, 6.45) is 26.6. The average Bonchev–Trinajstić information content (AvgIpc) is 0.707. The number of aromatic amines is 1. The largest absolute Gasteiger partial charge is 0.481 e. The van der Waals surface area contributed by atoms with Crippen molar-refractivity contribution in [2.24, 2.45) is 70.6 Å². The first-order valence-corrected chi connectivity index (χ1v) is 50.1. The third kappa shape index (κ3) is 20.1. The molecule has 10 aliphatic carbocycles. The number of allylic oxidation sites excluding steroid dienone is 9. The van der Waals surface area contributed by atoms with Crippen LogP contribution in [0.1, 0.15) is 184 Å². The third-order valence-corrected chi connectivity index (χ3v) is 34.7. The van der Waals surface area contributed by atoms with Crippen molar-refractivity contribution in [1.82, 2.24) is 29.9 Å². The summed E-state index contributed by atoms with van der Waals surface area (Å²) < 4.78 is 27.9. The van der Waals surface area contributed by atoms with E-state index in [9.17, 15) is 24.3 Å². The Morgan fingerprint density at radius 2 is 1.06 bits per heavy atom. The van der Waals surface area contributed by atoms with Gasteiger partial charge < -0.3 is 54.9 Å². The number of hydrogen-bond donors (Lipinski definition) is 4. The van der Waals surface area contributed by atoms with E-state index in [1.54, 1.807) is 47.7 Å². The van der Waals surface area contributed by atoms with Gasteiger partial charge in [-0.25, -0.2) is 38.1 Å². The normalized spacial score (nSPS) is 28.8. The van der Waals surface area contributed by atoms with Gasteiger partial charge in [0.15, 0.2) is 5.78 Å². The number of hydrogen-bond acceptors (Lipinski definition) is 16. The van der Waals surface area contributed by atoms with Crippen molar-refractivity contribution in [3.05, 3.63) is 284 Å². The molecule has 24 heteroatoms. The molecule has 10 aliphatic rings. The Hall–Kier alpha value is -9.53. The predicted octanol–water partition coefficient (Wildman–Crippen LogP) is 20.3. The topological polar surface area (TPSA) is 276 Å². The zero-order chi connectivity index (χ0) is 92.4. The molecule has 20 nitrogen and oxygen atoms in total. The molecule has 3 fully saturated rings. The number of amides is 1. The van der Waals surface area contributed by atoms with Gasteiger partial charge in [0.05, 0.1) is 89.2 Å². The van der Waals surface area contributed by atoms with E-state index in [4.69, 9.17) is 48.3 Å². The van der Waals surface area contributed by atoms with Crippen molar-refractivity contribution < 1.29 is 43.2 Å². The second-order valence-electron chi connectivity index (χ2n) is 36.2. The van der Waals surface area contributed by atoms with E-state index in [0.29, 0.717) is 108 Å². The van der Waals surface area contributed by atoms with Gasteiger partial charge in [-0.2, -0.15) is 0 Å². The van der Waals surface area contributed by atoms with Crippen LogP contribution in [-0.4, -0.2) is 102 Å².